The third-order valence-electron chi connectivity index (χ3n) is 5.13. The van der Waals surface area contributed by atoms with Crippen LogP contribution in [0.1, 0.15) is 24.8 Å². The molecule has 6 heteroatoms. The summed E-state index contributed by atoms with van der Waals surface area (Å²) in [5.41, 5.74) is -0.150. The highest BCUT2D eigenvalue weighted by molar-refractivity contribution is 5.79. The van der Waals surface area contributed by atoms with E-state index in [1.165, 1.54) is 12.1 Å². The van der Waals surface area contributed by atoms with Gasteiger partial charge in [0.15, 0.2) is 0 Å². The van der Waals surface area contributed by atoms with Gasteiger partial charge in [-0.3, -0.25) is 4.79 Å². The number of nitrogens with zero attached hydrogens (tertiary/aromatic N) is 1. The Hall–Kier alpha value is -2.60. The van der Waals surface area contributed by atoms with Crippen molar-refractivity contribution in [3.05, 3.63) is 59.9 Å². The van der Waals surface area contributed by atoms with Gasteiger partial charge in [-0.05, 0) is 49.6 Å². The van der Waals surface area contributed by atoms with Crippen molar-refractivity contribution in [1.82, 2.24) is 4.90 Å². The van der Waals surface area contributed by atoms with E-state index in [1.807, 2.05) is 24.3 Å². The van der Waals surface area contributed by atoms with Gasteiger partial charge in [0.05, 0.1) is 13.5 Å². The van der Waals surface area contributed by atoms with Crippen LogP contribution in [0.2, 0.25) is 0 Å². The van der Waals surface area contributed by atoms with Crippen molar-refractivity contribution in [1.29, 1.82) is 0 Å². The summed E-state index contributed by atoms with van der Waals surface area (Å²) >= 11 is 0. The molecule has 0 saturated carbocycles. The second-order valence-electron chi connectivity index (χ2n) is 7.19. The van der Waals surface area contributed by atoms with E-state index in [2.05, 4.69) is 0 Å². The fourth-order valence-electron chi connectivity index (χ4n) is 3.44. The minimum Gasteiger partial charge on any atom is -0.496 e. The van der Waals surface area contributed by atoms with Gasteiger partial charge in [-0.2, -0.15) is 0 Å². The first kappa shape index (κ1) is 20.1. The third-order valence-corrected chi connectivity index (χ3v) is 5.13. The van der Waals surface area contributed by atoms with E-state index < -0.39 is 5.60 Å². The number of amides is 1. The van der Waals surface area contributed by atoms with Crippen LogP contribution in [0, 0.1) is 5.82 Å². The largest absolute Gasteiger partial charge is 0.496 e. The predicted octanol–water partition coefficient (Wildman–Crippen LogP) is 3.20. The number of hydrogen-bond donors (Lipinski definition) is 1. The van der Waals surface area contributed by atoms with Crippen LogP contribution < -0.4 is 9.47 Å². The molecule has 0 aliphatic carbocycles. The molecule has 1 amide bonds. The number of rotatable bonds is 6. The lowest BCUT2D eigenvalue weighted by Crippen LogP contribution is -2.38. The molecule has 1 fully saturated rings. The van der Waals surface area contributed by atoms with Gasteiger partial charge < -0.3 is 19.5 Å². The minimum atomic E-state index is -1.01. The Bertz CT molecular complexity index is 795. The quantitative estimate of drug-likeness (QED) is 0.827. The second-order valence-corrected chi connectivity index (χ2v) is 7.19. The normalized spacial score (nSPS) is 19.8. The molecule has 1 heterocycles. The Morgan fingerprint density at radius 3 is 2.64 bits per heavy atom. The number of halogens is 1. The molecule has 5 nitrogen and oxygen atoms in total. The first-order valence-electron chi connectivity index (χ1n) is 9.49. The van der Waals surface area contributed by atoms with Crippen LogP contribution in [0.4, 0.5) is 4.39 Å². The first-order chi connectivity index (χ1) is 13.5. The average Bonchev–Trinajstić information content (AvgIpc) is 2.90. The molecule has 0 spiro atoms. The zero-order chi connectivity index (χ0) is 20.0. The van der Waals surface area contributed by atoms with Crippen molar-refractivity contribution in [3.8, 4) is 11.5 Å². The molecular weight excluding hydrogens is 361 g/mol. The molecule has 1 saturated heterocycles. The summed E-state index contributed by atoms with van der Waals surface area (Å²) in [5.74, 6) is 0.913. The number of ether oxygens (including phenoxy) is 2. The van der Waals surface area contributed by atoms with Gasteiger partial charge >= 0.3 is 0 Å². The summed E-state index contributed by atoms with van der Waals surface area (Å²) in [7, 11) is 1.59. The smallest absolute Gasteiger partial charge is 0.227 e. The van der Waals surface area contributed by atoms with Crippen molar-refractivity contribution in [2.75, 3.05) is 26.8 Å². The Balaban J connectivity index is 1.56. The Morgan fingerprint density at radius 2 is 1.89 bits per heavy atom. The number of aliphatic hydroxyl groups is 1. The van der Waals surface area contributed by atoms with E-state index in [9.17, 15) is 14.3 Å². The van der Waals surface area contributed by atoms with Gasteiger partial charge in [-0.25, -0.2) is 4.39 Å². The average molecular weight is 387 g/mol. The molecular formula is C22H26FNO4. The van der Waals surface area contributed by atoms with Crippen LogP contribution in [0.3, 0.4) is 0 Å². The standard InChI is InChI=1S/C22H26FNO4/c1-27-20-6-3-2-5-17(20)15-21(25)24-13-4-11-22(26,12-14-24)16-28-19-9-7-18(23)8-10-19/h2-3,5-10,26H,4,11-16H2,1H3. The van der Waals surface area contributed by atoms with Gasteiger partial charge in [0.25, 0.3) is 0 Å². The molecule has 1 unspecified atom stereocenters. The zero-order valence-corrected chi connectivity index (χ0v) is 16.1. The van der Waals surface area contributed by atoms with Crippen molar-refractivity contribution >= 4 is 5.91 Å². The van der Waals surface area contributed by atoms with Gasteiger partial charge in [-0.1, -0.05) is 18.2 Å². The van der Waals surface area contributed by atoms with Crippen molar-refractivity contribution < 1.29 is 23.8 Å². The number of benzene rings is 2. The lowest BCUT2D eigenvalue weighted by Gasteiger charge is -2.27. The van der Waals surface area contributed by atoms with Gasteiger partial charge in [0.1, 0.15) is 29.5 Å². The Kier molecular flexibility index (Phi) is 6.52. The molecule has 2 aromatic carbocycles. The fraction of sp³-hybridized carbons (Fsp3) is 0.409. The van der Waals surface area contributed by atoms with Crippen LogP contribution in [-0.4, -0.2) is 48.3 Å². The highest BCUT2D eigenvalue weighted by Gasteiger charge is 2.32. The summed E-state index contributed by atoms with van der Waals surface area (Å²) < 4.78 is 23.9. The third kappa shape index (κ3) is 5.23. The molecule has 1 aliphatic heterocycles. The lowest BCUT2D eigenvalue weighted by molar-refractivity contribution is -0.130. The van der Waals surface area contributed by atoms with E-state index in [4.69, 9.17) is 9.47 Å². The number of hydrogen-bond acceptors (Lipinski definition) is 4. The summed E-state index contributed by atoms with van der Waals surface area (Å²) in [6, 6.07) is 13.2. The van der Waals surface area contributed by atoms with Crippen molar-refractivity contribution in [2.24, 2.45) is 0 Å². The molecule has 3 rings (SSSR count). The van der Waals surface area contributed by atoms with Crippen molar-refractivity contribution in [3.63, 3.8) is 0 Å². The van der Waals surface area contributed by atoms with Gasteiger partial charge in [0.2, 0.25) is 5.91 Å². The maximum Gasteiger partial charge on any atom is 0.227 e. The van der Waals surface area contributed by atoms with E-state index in [0.29, 0.717) is 43.9 Å². The van der Waals surface area contributed by atoms with Gasteiger partial charge in [0, 0.05) is 18.7 Å². The van der Waals surface area contributed by atoms with E-state index in [0.717, 1.165) is 5.56 Å². The maximum absolute atomic E-state index is 13.0. The van der Waals surface area contributed by atoms with E-state index >= 15 is 0 Å². The Morgan fingerprint density at radius 1 is 1.14 bits per heavy atom. The number of likely N-dealkylation sites (tertiary alicyclic amines) is 1. The summed E-state index contributed by atoms with van der Waals surface area (Å²) in [5, 5.41) is 10.9. The molecule has 1 aliphatic rings. The lowest BCUT2D eigenvalue weighted by atomic mass is 9.96. The number of carbonyl (C=O) groups excluding carboxylic acids is 1. The van der Waals surface area contributed by atoms with Crippen LogP contribution in [0.15, 0.2) is 48.5 Å². The number of carbonyl (C=O) groups is 1. The van der Waals surface area contributed by atoms with Crippen LogP contribution in [0.5, 0.6) is 11.5 Å². The molecule has 1 atom stereocenters. The molecule has 150 valence electrons. The van der Waals surface area contributed by atoms with Gasteiger partial charge in [-0.15, -0.1) is 0 Å². The molecule has 0 aromatic heterocycles. The predicted molar refractivity (Wildman–Crippen MR) is 104 cm³/mol. The molecule has 0 radical (unpaired) electrons. The summed E-state index contributed by atoms with van der Waals surface area (Å²) in [6.07, 6.45) is 1.95. The highest BCUT2D eigenvalue weighted by atomic mass is 19.1. The van der Waals surface area contributed by atoms with Crippen LogP contribution in [0.25, 0.3) is 0 Å². The van der Waals surface area contributed by atoms with Crippen molar-refractivity contribution in [2.45, 2.75) is 31.3 Å². The summed E-state index contributed by atoms with van der Waals surface area (Å²) in [6.45, 7) is 1.19. The first-order valence-corrected chi connectivity index (χ1v) is 9.49. The molecule has 2 aromatic rings. The highest BCUT2D eigenvalue weighted by Crippen LogP contribution is 2.25. The fourth-order valence-corrected chi connectivity index (χ4v) is 3.44. The van der Waals surface area contributed by atoms with E-state index in [-0.39, 0.29) is 24.8 Å². The maximum atomic E-state index is 13.0. The Labute approximate surface area is 164 Å². The number of methoxy groups -OCH3 is 1. The molecule has 0 bridgehead atoms. The minimum absolute atomic E-state index is 0.0215. The topological polar surface area (TPSA) is 59.0 Å². The van der Waals surface area contributed by atoms with E-state index in [1.54, 1.807) is 24.1 Å². The number of para-hydroxylation sites is 1. The van der Waals surface area contributed by atoms with Crippen LogP contribution >= 0.6 is 0 Å². The molecule has 1 N–H and O–H groups in total. The monoisotopic (exact) mass is 387 g/mol. The van der Waals surface area contributed by atoms with Crippen LogP contribution in [-0.2, 0) is 11.2 Å². The second kappa shape index (κ2) is 9.06. The zero-order valence-electron chi connectivity index (χ0n) is 16.1. The molecule has 28 heavy (non-hydrogen) atoms. The summed E-state index contributed by atoms with van der Waals surface area (Å²) in [4.78, 5) is 14.5. The SMILES string of the molecule is COc1ccccc1CC(=O)N1CCCC(O)(COc2ccc(F)cc2)CC1.